The van der Waals surface area contributed by atoms with Crippen molar-refractivity contribution in [2.45, 2.75) is 38.8 Å². The van der Waals surface area contributed by atoms with E-state index in [1.165, 1.54) is 0 Å². The summed E-state index contributed by atoms with van der Waals surface area (Å²) in [7, 11) is -3.69. The Labute approximate surface area is 161 Å². The van der Waals surface area contributed by atoms with Gasteiger partial charge in [-0.1, -0.05) is 65.5 Å². The minimum Gasteiger partial charge on any atom is -0.206 e. The van der Waals surface area contributed by atoms with Crippen LogP contribution in [0.5, 0.6) is 0 Å². The molecule has 0 saturated heterocycles. The summed E-state index contributed by atoms with van der Waals surface area (Å²) in [5.41, 5.74) is 1.01. The number of hydrogen-bond acceptors (Lipinski definition) is 2. The van der Waals surface area contributed by atoms with Crippen LogP contribution >= 0.6 is 59.6 Å². The minimum absolute atomic E-state index is 0.0449. The summed E-state index contributed by atoms with van der Waals surface area (Å²) in [6.45, 7) is 1.92. The second-order valence-corrected chi connectivity index (χ2v) is 13.2. The van der Waals surface area contributed by atoms with Gasteiger partial charge in [0.1, 0.15) is 0 Å². The van der Waals surface area contributed by atoms with E-state index in [0.29, 0.717) is 11.8 Å². The molecule has 0 N–H and O–H groups in total. The Bertz CT molecular complexity index is 680. The van der Waals surface area contributed by atoms with E-state index in [1.807, 2.05) is 6.92 Å². The molecule has 3 rings (SSSR count). The van der Waals surface area contributed by atoms with Crippen LogP contribution in [-0.2, 0) is 10.0 Å². The normalized spacial score (nSPS) is 33.5. The highest BCUT2D eigenvalue weighted by Gasteiger charge is 2.65. The number of fused-ring (bicyclic) bond motifs is 1. The largest absolute Gasteiger partial charge is 0.256 e. The van der Waals surface area contributed by atoms with Gasteiger partial charge in [0.25, 0.3) is 10.0 Å². The summed E-state index contributed by atoms with van der Waals surface area (Å²) in [6.07, 6.45) is 1.62. The lowest BCUT2D eigenvalue weighted by atomic mass is 9.96. The van der Waals surface area contributed by atoms with Crippen LogP contribution in [0.25, 0.3) is 0 Å². The van der Waals surface area contributed by atoms with Crippen LogP contribution in [0.15, 0.2) is 29.2 Å². The van der Waals surface area contributed by atoms with Gasteiger partial charge in [-0.15, -0.1) is 3.82 Å². The molecule has 22 heavy (non-hydrogen) atoms. The van der Waals surface area contributed by atoms with Crippen LogP contribution in [0.2, 0.25) is 0 Å². The first-order valence-electron chi connectivity index (χ1n) is 6.94. The van der Waals surface area contributed by atoms with E-state index in [1.54, 1.807) is 24.3 Å². The molecule has 0 bridgehead atoms. The zero-order valence-electron chi connectivity index (χ0n) is 11.7. The molecule has 0 unspecified atom stereocenters. The molecule has 0 aliphatic heterocycles. The average molecular weight is 537 g/mol. The lowest BCUT2D eigenvalue weighted by molar-refractivity contribution is 0.340. The van der Waals surface area contributed by atoms with Crippen LogP contribution in [-0.4, -0.2) is 26.3 Å². The molecular weight excluding hydrogens is 521 g/mol. The van der Waals surface area contributed by atoms with Crippen molar-refractivity contribution < 1.29 is 8.42 Å². The predicted octanol–water partition coefficient (Wildman–Crippen LogP) is 4.80. The van der Waals surface area contributed by atoms with Crippen molar-refractivity contribution in [1.29, 1.82) is 0 Å². The van der Waals surface area contributed by atoms with E-state index in [-0.39, 0.29) is 19.0 Å². The smallest absolute Gasteiger partial charge is 0.206 e. The van der Waals surface area contributed by atoms with E-state index in [2.05, 4.69) is 47.8 Å². The van der Waals surface area contributed by atoms with Gasteiger partial charge in [-0.2, -0.15) is 0 Å². The van der Waals surface area contributed by atoms with Gasteiger partial charge >= 0.3 is 0 Å². The maximum atomic E-state index is 12.7. The summed E-state index contributed by atoms with van der Waals surface area (Å²) in [5, 5.41) is 0. The summed E-state index contributed by atoms with van der Waals surface area (Å²) >= 11 is 17.2. The van der Waals surface area contributed by atoms with E-state index in [0.717, 1.165) is 22.2 Å². The molecule has 0 spiro atoms. The number of aryl methyl sites for hydroxylation is 1. The molecule has 0 amide bonds. The van der Waals surface area contributed by atoms with Crippen molar-refractivity contribution in [2.75, 3.05) is 0 Å². The zero-order valence-corrected chi connectivity index (χ0v) is 18.0. The Balaban J connectivity index is 1.84. The van der Waals surface area contributed by atoms with Gasteiger partial charge in [0.05, 0.1) is 14.2 Å². The number of halogens is 4. The third kappa shape index (κ3) is 2.94. The lowest BCUT2D eigenvalue weighted by Crippen LogP contribution is -2.41. The Kier molecular flexibility index (Phi) is 4.81. The second kappa shape index (κ2) is 5.99. The first kappa shape index (κ1) is 17.7. The Morgan fingerprint density at radius 3 is 2.32 bits per heavy atom. The van der Waals surface area contributed by atoms with Crippen LogP contribution in [0.1, 0.15) is 18.4 Å². The first-order valence-corrected chi connectivity index (χ1v) is 11.2. The highest BCUT2D eigenvalue weighted by Crippen LogP contribution is 2.68. The van der Waals surface area contributed by atoms with Gasteiger partial charge in [-0.25, -0.2) is 8.42 Å². The number of benzene rings is 1. The van der Waals surface area contributed by atoms with Crippen LogP contribution in [0.3, 0.4) is 0 Å². The van der Waals surface area contributed by atoms with Gasteiger partial charge in [-0.3, -0.25) is 0 Å². The molecule has 2 fully saturated rings. The quantitative estimate of drug-likeness (QED) is 0.412. The molecule has 0 radical (unpaired) electrons. The number of sulfonamides is 1. The molecule has 2 aliphatic rings. The zero-order chi connectivity index (χ0) is 16.3. The highest BCUT2D eigenvalue weighted by atomic mass is 79.9. The van der Waals surface area contributed by atoms with Crippen molar-refractivity contribution in [3.05, 3.63) is 29.8 Å². The Morgan fingerprint density at radius 2 is 1.73 bits per heavy atom. The van der Waals surface area contributed by atoms with E-state index < -0.39 is 10.0 Å². The topological polar surface area (TPSA) is 37.4 Å². The molecule has 0 heterocycles. The SMILES string of the molecule is Cc1ccc(S(=O)(=O)N(Cl)[C@@H]2C[C@@H]3[C@H](C[C@H]2Br)C3(Br)Br)cc1. The minimum atomic E-state index is -3.69. The molecule has 1 aromatic carbocycles. The fraction of sp³-hybridized carbons (Fsp3) is 0.571. The van der Waals surface area contributed by atoms with Crippen molar-refractivity contribution in [3.8, 4) is 0 Å². The number of alkyl halides is 3. The van der Waals surface area contributed by atoms with Gasteiger partial charge in [0.15, 0.2) is 0 Å². The number of rotatable bonds is 3. The summed E-state index contributed by atoms with van der Waals surface area (Å²) in [6, 6.07) is 6.51. The predicted molar refractivity (Wildman–Crippen MR) is 99.4 cm³/mol. The van der Waals surface area contributed by atoms with Crippen LogP contribution in [0, 0.1) is 18.8 Å². The van der Waals surface area contributed by atoms with E-state index >= 15 is 0 Å². The molecule has 2 aliphatic carbocycles. The maximum Gasteiger partial charge on any atom is 0.256 e. The molecule has 1 aromatic rings. The van der Waals surface area contributed by atoms with Crippen molar-refractivity contribution in [3.63, 3.8) is 0 Å². The van der Waals surface area contributed by atoms with Gasteiger partial charge in [-0.05, 0) is 55.5 Å². The molecule has 4 atom stereocenters. The third-order valence-corrected chi connectivity index (χ3v) is 10.3. The monoisotopic (exact) mass is 533 g/mol. The molecule has 0 aromatic heterocycles. The lowest BCUT2D eigenvalue weighted by Gasteiger charge is -2.31. The number of hydrogen-bond donors (Lipinski definition) is 0. The van der Waals surface area contributed by atoms with Gasteiger partial charge < -0.3 is 0 Å². The summed E-state index contributed by atoms with van der Waals surface area (Å²) in [5.74, 6) is 0.918. The van der Waals surface area contributed by atoms with E-state index in [9.17, 15) is 8.42 Å². The van der Waals surface area contributed by atoms with Crippen molar-refractivity contribution in [1.82, 2.24) is 3.82 Å². The third-order valence-electron chi connectivity index (χ3n) is 4.57. The molecular formula is C14H15Br3ClNO2S. The summed E-state index contributed by atoms with van der Waals surface area (Å²) in [4.78, 5) is 0.276. The summed E-state index contributed by atoms with van der Waals surface area (Å²) < 4.78 is 26.4. The Morgan fingerprint density at radius 1 is 1.18 bits per heavy atom. The fourth-order valence-corrected chi connectivity index (χ4v) is 7.74. The van der Waals surface area contributed by atoms with Gasteiger partial charge in [0.2, 0.25) is 0 Å². The maximum absolute atomic E-state index is 12.7. The Hall–Kier alpha value is 0.860. The van der Waals surface area contributed by atoms with E-state index in [4.69, 9.17) is 11.8 Å². The van der Waals surface area contributed by atoms with Crippen LogP contribution < -0.4 is 0 Å². The average Bonchev–Trinajstić information content (AvgIpc) is 2.98. The number of nitrogens with zero attached hydrogens (tertiary/aromatic N) is 1. The molecule has 3 nitrogen and oxygen atoms in total. The highest BCUT2D eigenvalue weighted by molar-refractivity contribution is 9.25. The van der Waals surface area contributed by atoms with Crippen molar-refractivity contribution in [2.24, 2.45) is 11.8 Å². The first-order chi connectivity index (χ1) is 10.2. The van der Waals surface area contributed by atoms with Crippen LogP contribution in [0.4, 0.5) is 0 Å². The van der Waals surface area contributed by atoms with Gasteiger partial charge in [0, 0.05) is 4.83 Å². The standard InChI is InChI=1S/C14H15Br3ClNO2S/c1-8-2-4-9(5-3-8)22(20,21)19(18)13-7-11-10(6-12(13)15)14(11,16)17/h2-5,10-13H,6-7H2,1H3/t10-,11+,12+,13+/m0/s1. The molecule has 2 saturated carbocycles. The molecule has 8 heteroatoms. The second-order valence-electron chi connectivity index (χ2n) is 6.00. The fourth-order valence-electron chi connectivity index (χ4n) is 3.11. The van der Waals surface area contributed by atoms with Crippen molar-refractivity contribution >= 4 is 69.6 Å². The molecule has 122 valence electrons.